The maximum absolute atomic E-state index is 11.1. The van der Waals surface area contributed by atoms with E-state index in [0.29, 0.717) is 0 Å². The lowest BCUT2D eigenvalue weighted by atomic mass is 10.2. The molecule has 26 heavy (non-hydrogen) atoms. The third kappa shape index (κ3) is 5.03. The number of hydrogen-bond donors (Lipinski definition) is 1. The van der Waals surface area contributed by atoms with Crippen molar-refractivity contribution in [1.29, 1.82) is 0 Å². The second-order valence-corrected chi connectivity index (χ2v) is 6.74. The lowest BCUT2D eigenvalue weighted by Crippen LogP contribution is -2.48. The number of carboxylic acids is 1. The number of rotatable bonds is 7. The van der Waals surface area contributed by atoms with Crippen LogP contribution in [0.4, 0.5) is 5.82 Å². The number of carboxylic acid groups (broad SMARTS) is 1. The van der Waals surface area contributed by atoms with E-state index in [1.54, 1.807) is 6.07 Å². The molecule has 1 aliphatic rings. The van der Waals surface area contributed by atoms with Gasteiger partial charge in [0.1, 0.15) is 5.82 Å². The molecule has 2 heterocycles. The van der Waals surface area contributed by atoms with Crippen LogP contribution in [0.2, 0.25) is 0 Å². The van der Waals surface area contributed by atoms with Gasteiger partial charge in [-0.1, -0.05) is 36.4 Å². The van der Waals surface area contributed by atoms with Gasteiger partial charge in [-0.2, -0.15) is 0 Å². The van der Waals surface area contributed by atoms with E-state index in [4.69, 9.17) is 5.11 Å². The molecule has 0 amide bonds. The molecule has 0 bridgehead atoms. The van der Waals surface area contributed by atoms with Crippen molar-refractivity contribution in [2.75, 3.05) is 51.2 Å². The molecule has 0 atom stereocenters. The zero-order chi connectivity index (χ0) is 18.4. The highest BCUT2D eigenvalue weighted by atomic mass is 16.4. The van der Waals surface area contributed by atoms with Crippen molar-refractivity contribution in [3.8, 4) is 0 Å². The highest BCUT2D eigenvalue weighted by Gasteiger charge is 2.19. The Labute approximate surface area is 154 Å². The average molecular weight is 354 g/mol. The Hall–Kier alpha value is -2.44. The zero-order valence-electron chi connectivity index (χ0n) is 15.2. The van der Waals surface area contributed by atoms with Gasteiger partial charge in [0.25, 0.3) is 0 Å². The van der Waals surface area contributed by atoms with E-state index >= 15 is 0 Å². The van der Waals surface area contributed by atoms with E-state index in [1.165, 1.54) is 11.6 Å². The number of pyridine rings is 1. The Morgan fingerprint density at radius 3 is 2.50 bits per heavy atom. The molecule has 3 rings (SSSR count). The van der Waals surface area contributed by atoms with Crippen molar-refractivity contribution < 1.29 is 9.90 Å². The van der Waals surface area contributed by atoms with Crippen LogP contribution in [-0.2, 0) is 6.54 Å². The summed E-state index contributed by atoms with van der Waals surface area (Å²) in [7, 11) is 2.16. The second kappa shape index (κ2) is 8.78. The van der Waals surface area contributed by atoms with Gasteiger partial charge in [-0.3, -0.25) is 4.90 Å². The van der Waals surface area contributed by atoms with E-state index < -0.39 is 5.97 Å². The number of hydrogen-bond acceptors (Lipinski definition) is 5. The van der Waals surface area contributed by atoms with E-state index in [1.807, 2.05) is 12.1 Å². The van der Waals surface area contributed by atoms with Gasteiger partial charge < -0.3 is 14.9 Å². The molecule has 1 fully saturated rings. The van der Waals surface area contributed by atoms with Crippen LogP contribution in [0.3, 0.4) is 0 Å². The third-order valence-electron chi connectivity index (χ3n) is 4.74. The molecule has 0 radical (unpaired) electrons. The maximum Gasteiger partial charge on any atom is 0.354 e. The molecular weight excluding hydrogens is 328 g/mol. The molecule has 1 N–H and O–H groups in total. The summed E-state index contributed by atoms with van der Waals surface area (Å²) >= 11 is 0. The summed E-state index contributed by atoms with van der Waals surface area (Å²) in [5.41, 5.74) is 1.44. The third-order valence-corrected chi connectivity index (χ3v) is 4.74. The fourth-order valence-corrected chi connectivity index (χ4v) is 3.21. The van der Waals surface area contributed by atoms with Crippen LogP contribution in [0, 0.1) is 0 Å². The Morgan fingerprint density at radius 2 is 1.81 bits per heavy atom. The number of piperazine rings is 1. The molecule has 0 saturated carbocycles. The molecule has 1 aromatic heterocycles. The van der Waals surface area contributed by atoms with Gasteiger partial charge in [-0.05, 0) is 24.7 Å². The van der Waals surface area contributed by atoms with Crippen LogP contribution in [0.25, 0.3) is 0 Å². The minimum absolute atomic E-state index is 0.104. The Bertz CT molecular complexity index is 715. The van der Waals surface area contributed by atoms with Crippen molar-refractivity contribution in [2.24, 2.45) is 0 Å². The van der Waals surface area contributed by atoms with Gasteiger partial charge in [-0.15, -0.1) is 0 Å². The van der Waals surface area contributed by atoms with Gasteiger partial charge in [-0.25, -0.2) is 9.78 Å². The van der Waals surface area contributed by atoms with Crippen molar-refractivity contribution in [1.82, 2.24) is 14.8 Å². The molecule has 2 aromatic rings. The molecule has 1 saturated heterocycles. The van der Waals surface area contributed by atoms with Crippen molar-refractivity contribution in [3.05, 3.63) is 59.8 Å². The predicted molar refractivity (Wildman–Crippen MR) is 103 cm³/mol. The van der Waals surface area contributed by atoms with Gasteiger partial charge in [0, 0.05) is 45.8 Å². The molecule has 0 spiro atoms. The highest BCUT2D eigenvalue weighted by Crippen LogP contribution is 2.14. The average Bonchev–Trinajstić information content (AvgIpc) is 2.68. The summed E-state index contributed by atoms with van der Waals surface area (Å²) in [6.07, 6.45) is 0. The Morgan fingerprint density at radius 1 is 1.08 bits per heavy atom. The Balaban J connectivity index is 1.44. The first-order chi connectivity index (χ1) is 12.6. The molecule has 6 heteroatoms. The summed E-state index contributed by atoms with van der Waals surface area (Å²) in [5.74, 6) is -0.224. The van der Waals surface area contributed by atoms with Gasteiger partial charge in [0.2, 0.25) is 0 Å². The fraction of sp³-hybridized carbons (Fsp3) is 0.400. The summed E-state index contributed by atoms with van der Waals surface area (Å²) in [5, 5.41) is 9.08. The highest BCUT2D eigenvalue weighted by molar-refractivity contribution is 5.85. The first-order valence-corrected chi connectivity index (χ1v) is 9.02. The number of nitrogens with zero attached hydrogens (tertiary/aromatic N) is 4. The van der Waals surface area contributed by atoms with Crippen LogP contribution >= 0.6 is 0 Å². The SMILES string of the molecule is CN(CCN1CCN(c2cccc(C(=O)O)n2)CC1)Cc1ccccc1. The lowest BCUT2D eigenvalue weighted by molar-refractivity contribution is 0.0690. The van der Waals surface area contributed by atoms with E-state index in [-0.39, 0.29) is 5.69 Å². The van der Waals surface area contributed by atoms with Crippen molar-refractivity contribution >= 4 is 11.8 Å². The Kier molecular flexibility index (Phi) is 6.20. The number of likely N-dealkylation sites (N-methyl/N-ethyl adjacent to an activating group) is 1. The van der Waals surface area contributed by atoms with Crippen molar-refractivity contribution in [2.45, 2.75) is 6.54 Å². The maximum atomic E-state index is 11.1. The van der Waals surface area contributed by atoms with Gasteiger partial charge >= 0.3 is 5.97 Å². The summed E-state index contributed by atoms with van der Waals surface area (Å²) in [6, 6.07) is 15.7. The number of aromatic carboxylic acids is 1. The van der Waals surface area contributed by atoms with E-state index in [0.717, 1.165) is 51.6 Å². The topological polar surface area (TPSA) is 59.9 Å². The smallest absolute Gasteiger partial charge is 0.354 e. The van der Waals surface area contributed by atoms with E-state index in [9.17, 15) is 4.79 Å². The van der Waals surface area contributed by atoms with E-state index in [2.05, 4.69) is 51.0 Å². The number of benzene rings is 1. The molecule has 6 nitrogen and oxygen atoms in total. The lowest BCUT2D eigenvalue weighted by Gasteiger charge is -2.36. The number of carbonyl (C=O) groups is 1. The summed E-state index contributed by atoms with van der Waals surface area (Å²) in [4.78, 5) is 22.3. The molecule has 1 aliphatic heterocycles. The fourth-order valence-electron chi connectivity index (χ4n) is 3.21. The molecular formula is C20H26N4O2. The number of anilines is 1. The van der Waals surface area contributed by atoms with Crippen LogP contribution in [0.5, 0.6) is 0 Å². The standard InChI is InChI=1S/C20H26N4O2/c1-22(16-17-6-3-2-4-7-17)10-11-23-12-14-24(15-13-23)19-9-5-8-18(21-19)20(25)26/h2-9H,10-16H2,1H3,(H,25,26). The quantitative estimate of drug-likeness (QED) is 0.821. The largest absolute Gasteiger partial charge is 0.477 e. The van der Waals surface area contributed by atoms with Gasteiger partial charge in [0.05, 0.1) is 0 Å². The van der Waals surface area contributed by atoms with Crippen LogP contribution in [-0.4, -0.2) is 72.2 Å². The van der Waals surface area contributed by atoms with Crippen molar-refractivity contribution in [3.63, 3.8) is 0 Å². The summed E-state index contributed by atoms with van der Waals surface area (Å²) < 4.78 is 0. The molecule has 0 unspecified atom stereocenters. The first kappa shape index (κ1) is 18.4. The second-order valence-electron chi connectivity index (χ2n) is 6.74. The monoisotopic (exact) mass is 354 g/mol. The van der Waals surface area contributed by atoms with Crippen LogP contribution < -0.4 is 4.90 Å². The zero-order valence-corrected chi connectivity index (χ0v) is 15.2. The van der Waals surface area contributed by atoms with Gasteiger partial charge in [0.15, 0.2) is 5.69 Å². The molecule has 138 valence electrons. The predicted octanol–water partition coefficient (Wildman–Crippen LogP) is 2.03. The minimum atomic E-state index is -0.980. The first-order valence-electron chi connectivity index (χ1n) is 9.02. The minimum Gasteiger partial charge on any atom is -0.477 e. The van der Waals surface area contributed by atoms with Crippen LogP contribution in [0.1, 0.15) is 16.1 Å². The number of aromatic nitrogens is 1. The normalized spacial score (nSPS) is 15.4. The molecule has 1 aromatic carbocycles. The van der Waals surface area contributed by atoms with Crippen LogP contribution in [0.15, 0.2) is 48.5 Å². The molecule has 0 aliphatic carbocycles. The summed E-state index contributed by atoms with van der Waals surface area (Å²) in [6.45, 7) is 6.72.